The summed E-state index contributed by atoms with van der Waals surface area (Å²) in [4.78, 5) is 9.95. The number of hydrogen-bond acceptors (Lipinski definition) is 1. The van der Waals surface area contributed by atoms with Crippen LogP contribution in [0.2, 0.25) is 0 Å². The second kappa shape index (κ2) is 4.61. The summed E-state index contributed by atoms with van der Waals surface area (Å²) in [5.74, 6) is -9.85. The van der Waals surface area contributed by atoms with Crippen LogP contribution in [0, 0.1) is 0 Å². The van der Waals surface area contributed by atoms with Gasteiger partial charge < -0.3 is 5.11 Å². The van der Waals surface area contributed by atoms with Crippen LogP contribution < -0.4 is 0 Å². The highest BCUT2D eigenvalue weighted by atomic mass is 19.3. The Kier molecular flexibility index (Phi) is 4.35. The lowest BCUT2D eigenvalue weighted by molar-refractivity contribution is -0.216. The Balaban J connectivity index is 4.34. The molecule has 0 fully saturated rings. The highest BCUT2D eigenvalue weighted by Gasteiger charge is 2.54. The van der Waals surface area contributed by atoms with Crippen molar-refractivity contribution in [1.82, 2.24) is 0 Å². The predicted octanol–water partition coefficient (Wildman–Crippen LogP) is 2.92. The Bertz CT molecular complexity index is 204. The van der Waals surface area contributed by atoms with Crippen molar-refractivity contribution < 1.29 is 27.5 Å². The minimum Gasteiger partial charge on any atom is -0.481 e. The van der Waals surface area contributed by atoms with Crippen LogP contribution in [0.5, 0.6) is 0 Å². The van der Waals surface area contributed by atoms with Crippen LogP contribution in [0.4, 0.5) is 17.6 Å². The smallest absolute Gasteiger partial charge is 0.310 e. The van der Waals surface area contributed by atoms with E-state index in [2.05, 4.69) is 0 Å². The van der Waals surface area contributed by atoms with Crippen molar-refractivity contribution in [1.29, 1.82) is 0 Å². The molecule has 0 aliphatic heterocycles. The number of rotatable bonds is 6. The van der Waals surface area contributed by atoms with Gasteiger partial charge in [0.2, 0.25) is 0 Å². The summed E-state index contributed by atoms with van der Waals surface area (Å²) in [5, 5.41) is 8.09. The van der Waals surface area contributed by atoms with Crippen LogP contribution >= 0.6 is 0 Å². The Morgan fingerprint density at radius 1 is 1.14 bits per heavy atom. The molecule has 0 aliphatic carbocycles. The molecule has 0 unspecified atom stereocenters. The van der Waals surface area contributed by atoms with Gasteiger partial charge in [-0.25, -0.2) is 0 Å². The molecule has 0 aromatic rings. The van der Waals surface area contributed by atoms with Crippen molar-refractivity contribution in [3.8, 4) is 0 Å². The van der Waals surface area contributed by atoms with Gasteiger partial charge in [-0.1, -0.05) is 13.3 Å². The zero-order valence-electron chi connectivity index (χ0n) is 7.70. The van der Waals surface area contributed by atoms with Gasteiger partial charge in [0.1, 0.15) is 0 Å². The molecule has 0 rings (SSSR count). The molecule has 0 atom stereocenters. The minimum absolute atomic E-state index is 0.0737. The zero-order valence-corrected chi connectivity index (χ0v) is 7.70. The van der Waals surface area contributed by atoms with Crippen LogP contribution in [-0.4, -0.2) is 22.9 Å². The average Bonchev–Trinajstić information content (AvgIpc) is 2.00. The zero-order chi connectivity index (χ0) is 11.4. The van der Waals surface area contributed by atoms with E-state index >= 15 is 0 Å². The Labute approximate surface area is 78.9 Å². The highest BCUT2D eigenvalue weighted by Crippen LogP contribution is 2.40. The topological polar surface area (TPSA) is 37.3 Å². The molecule has 0 bridgehead atoms. The van der Waals surface area contributed by atoms with E-state index in [1.165, 1.54) is 6.92 Å². The number of aliphatic carboxylic acids is 1. The largest absolute Gasteiger partial charge is 0.481 e. The summed E-state index contributed by atoms with van der Waals surface area (Å²) in [7, 11) is 0. The van der Waals surface area contributed by atoms with Crippen molar-refractivity contribution in [3.63, 3.8) is 0 Å². The standard InChI is InChI=1S/C8H12F4O2/c1-2-4-7(9,10)8(11,12)5-3-6(13)14/h2-5H2,1H3,(H,13,14). The molecular weight excluding hydrogens is 204 g/mol. The van der Waals surface area contributed by atoms with Crippen LogP contribution in [0.15, 0.2) is 0 Å². The number of carboxylic acids is 1. The molecule has 84 valence electrons. The molecule has 0 aromatic carbocycles. The molecule has 0 aromatic heterocycles. The molecule has 2 nitrogen and oxygen atoms in total. The van der Waals surface area contributed by atoms with E-state index in [9.17, 15) is 22.4 Å². The summed E-state index contributed by atoms with van der Waals surface area (Å²) in [6.07, 6.45) is -3.28. The first-order chi connectivity index (χ1) is 6.23. The molecule has 0 spiro atoms. The molecule has 0 heterocycles. The fourth-order valence-corrected chi connectivity index (χ4v) is 0.944. The first-order valence-electron chi connectivity index (χ1n) is 4.20. The third-order valence-electron chi connectivity index (χ3n) is 1.75. The van der Waals surface area contributed by atoms with Gasteiger partial charge in [0, 0.05) is 12.8 Å². The Morgan fingerprint density at radius 2 is 1.57 bits per heavy atom. The van der Waals surface area contributed by atoms with E-state index in [1.54, 1.807) is 0 Å². The lowest BCUT2D eigenvalue weighted by atomic mass is 10.0. The molecule has 1 N–H and O–H groups in total. The summed E-state index contributed by atoms with van der Waals surface area (Å²) >= 11 is 0. The van der Waals surface area contributed by atoms with Crippen molar-refractivity contribution in [2.75, 3.05) is 0 Å². The molecule has 0 aliphatic rings. The van der Waals surface area contributed by atoms with Crippen LogP contribution in [-0.2, 0) is 4.79 Å². The SMILES string of the molecule is CCCC(F)(F)C(F)(F)CCC(=O)O. The Morgan fingerprint density at radius 3 is 1.93 bits per heavy atom. The van der Waals surface area contributed by atoms with E-state index in [1.807, 2.05) is 0 Å². The van der Waals surface area contributed by atoms with Crippen molar-refractivity contribution >= 4 is 5.97 Å². The quantitative estimate of drug-likeness (QED) is 0.693. The maximum absolute atomic E-state index is 12.7. The fourth-order valence-electron chi connectivity index (χ4n) is 0.944. The molecule has 0 amide bonds. The maximum Gasteiger partial charge on any atom is 0.310 e. The molecule has 0 saturated heterocycles. The van der Waals surface area contributed by atoms with Gasteiger partial charge in [-0.05, 0) is 0 Å². The van der Waals surface area contributed by atoms with E-state index in [0.29, 0.717) is 0 Å². The van der Waals surface area contributed by atoms with Gasteiger partial charge in [-0.15, -0.1) is 0 Å². The van der Waals surface area contributed by atoms with Gasteiger partial charge in [0.05, 0.1) is 6.42 Å². The van der Waals surface area contributed by atoms with Gasteiger partial charge in [-0.2, -0.15) is 17.6 Å². The van der Waals surface area contributed by atoms with Crippen LogP contribution in [0.3, 0.4) is 0 Å². The second-order valence-corrected chi connectivity index (χ2v) is 3.05. The summed E-state index contributed by atoms with van der Waals surface area (Å²) < 4.78 is 50.9. The summed E-state index contributed by atoms with van der Waals surface area (Å²) in [5.41, 5.74) is 0. The molecule has 0 radical (unpaired) electrons. The number of alkyl halides is 4. The maximum atomic E-state index is 12.7. The van der Waals surface area contributed by atoms with Crippen molar-refractivity contribution in [2.24, 2.45) is 0 Å². The lowest BCUT2D eigenvalue weighted by Gasteiger charge is -2.25. The van der Waals surface area contributed by atoms with Crippen LogP contribution in [0.1, 0.15) is 32.6 Å². The van der Waals surface area contributed by atoms with E-state index in [-0.39, 0.29) is 6.42 Å². The van der Waals surface area contributed by atoms with Gasteiger partial charge in [0.25, 0.3) is 0 Å². The highest BCUT2D eigenvalue weighted by molar-refractivity contribution is 5.66. The minimum atomic E-state index is -4.23. The second-order valence-electron chi connectivity index (χ2n) is 3.05. The normalized spacial score (nSPS) is 12.9. The number of carboxylic acid groups (broad SMARTS) is 1. The average molecular weight is 216 g/mol. The summed E-state index contributed by atoms with van der Waals surface area (Å²) in [6.45, 7) is 1.36. The molecule has 0 saturated carbocycles. The van der Waals surface area contributed by atoms with Crippen molar-refractivity contribution in [3.05, 3.63) is 0 Å². The Hall–Kier alpha value is -0.810. The fraction of sp³-hybridized carbons (Fsp3) is 0.875. The van der Waals surface area contributed by atoms with Gasteiger partial charge in [0.15, 0.2) is 0 Å². The molecule has 6 heteroatoms. The van der Waals surface area contributed by atoms with Crippen LogP contribution in [0.25, 0.3) is 0 Å². The molecular formula is C8H12F4O2. The van der Waals surface area contributed by atoms with Gasteiger partial charge >= 0.3 is 17.8 Å². The number of halogens is 4. The lowest BCUT2D eigenvalue weighted by Crippen LogP contribution is -2.40. The first kappa shape index (κ1) is 13.2. The first-order valence-corrected chi connectivity index (χ1v) is 4.20. The number of hydrogen-bond donors (Lipinski definition) is 1. The van der Waals surface area contributed by atoms with Crippen molar-refractivity contribution in [2.45, 2.75) is 44.5 Å². The summed E-state index contributed by atoms with van der Waals surface area (Å²) in [6, 6.07) is 0. The van der Waals surface area contributed by atoms with E-state index < -0.39 is 37.1 Å². The third kappa shape index (κ3) is 3.51. The number of carbonyl (C=O) groups is 1. The predicted molar refractivity (Wildman–Crippen MR) is 41.7 cm³/mol. The monoisotopic (exact) mass is 216 g/mol. The van der Waals surface area contributed by atoms with E-state index in [0.717, 1.165) is 0 Å². The molecule has 14 heavy (non-hydrogen) atoms. The van der Waals surface area contributed by atoms with Gasteiger partial charge in [-0.3, -0.25) is 4.79 Å². The third-order valence-corrected chi connectivity index (χ3v) is 1.75. The van der Waals surface area contributed by atoms with E-state index in [4.69, 9.17) is 5.11 Å².